The van der Waals surface area contributed by atoms with Crippen molar-refractivity contribution in [3.8, 4) is 16.9 Å². The lowest BCUT2D eigenvalue weighted by atomic mass is 10.1. The van der Waals surface area contributed by atoms with Crippen LogP contribution in [-0.2, 0) is 0 Å². The van der Waals surface area contributed by atoms with Gasteiger partial charge in [-0.1, -0.05) is 35.9 Å². The zero-order valence-electron chi connectivity index (χ0n) is 16.3. The summed E-state index contributed by atoms with van der Waals surface area (Å²) in [5, 5.41) is 15.8. The number of hydrogen-bond donors (Lipinski definition) is 3. The predicted octanol–water partition coefficient (Wildman–Crippen LogP) is 4.26. The predicted molar refractivity (Wildman–Crippen MR) is 118 cm³/mol. The number of rotatable bonds is 5. The minimum atomic E-state index is -1.26. The van der Waals surface area contributed by atoms with Gasteiger partial charge in [-0.2, -0.15) is 5.10 Å². The van der Waals surface area contributed by atoms with E-state index in [1.165, 1.54) is 16.8 Å². The smallest absolute Gasteiger partial charge is 0.356 e. The van der Waals surface area contributed by atoms with Crippen molar-refractivity contribution in [1.82, 2.24) is 14.8 Å². The highest BCUT2D eigenvalue weighted by atomic mass is 35.5. The molecule has 0 atom stereocenters. The zero-order valence-corrected chi connectivity index (χ0v) is 17.0. The average molecular weight is 452 g/mol. The Labute approximate surface area is 186 Å². The van der Waals surface area contributed by atoms with Crippen LogP contribution in [0.3, 0.4) is 0 Å². The van der Waals surface area contributed by atoms with E-state index in [0.29, 0.717) is 5.69 Å². The van der Waals surface area contributed by atoms with Gasteiger partial charge < -0.3 is 16.2 Å². The van der Waals surface area contributed by atoms with Gasteiger partial charge in [-0.3, -0.25) is 4.79 Å². The summed E-state index contributed by atoms with van der Waals surface area (Å²) < 4.78 is 15.8. The first-order valence-electron chi connectivity index (χ1n) is 9.25. The fourth-order valence-corrected chi connectivity index (χ4v) is 3.28. The monoisotopic (exact) mass is 451 g/mol. The van der Waals surface area contributed by atoms with Crippen molar-refractivity contribution < 1.29 is 19.1 Å². The molecule has 32 heavy (non-hydrogen) atoms. The molecule has 10 heteroatoms. The summed E-state index contributed by atoms with van der Waals surface area (Å²) in [5.74, 6) is -2.33. The summed E-state index contributed by atoms with van der Waals surface area (Å²) in [6, 6.07) is 16.9. The molecule has 2 heterocycles. The summed E-state index contributed by atoms with van der Waals surface area (Å²) in [4.78, 5) is 28.5. The third-order valence-corrected chi connectivity index (χ3v) is 4.83. The van der Waals surface area contributed by atoms with Gasteiger partial charge in [-0.15, -0.1) is 0 Å². The van der Waals surface area contributed by atoms with Crippen LogP contribution < -0.4 is 11.1 Å². The highest BCUT2D eigenvalue weighted by molar-refractivity contribution is 6.34. The highest BCUT2D eigenvalue weighted by Crippen LogP contribution is 2.29. The van der Waals surface area contributed by atoms with Crippen LogP contribution in [0.1, 0.15) is 20.8 Å². The van der Waals surface area contributed by atoms with E-state index in [1.807, 2.05) is 0 Å². The Hall–Kier alpha value is -4.24. The molecule has 2 aromatic heterocycles. The van der Waals surface area contributed by atoms with E-state index >= 15 is 0 Å². The number of nitrogens with two attached hydrogens (primary N) is 1. The number of carboxylic acid groups (broad SMARTS) is 1. The van der Waals surface area contributed by atoms with Crippen molar-refractivity contribution in [2.45, 2.75) is 0 Å². The Balaban J connectivity index is 1.74. The van der Waals surface area contributed by atoms with Crippen LogP contribution in [0.5, 0.6) is 0 Å². The molecule has 0 aliphatic rings. The van der Waals surface area contributed by atoms with Gasteiger partial charge in [0.2, 0.25) is 0 Å². The molecule has 160 valence electrons. The van der Waals surface area contributed by atoms with Crippen LogP contribution in [-0.4, -0.2) is 31.7 Å². The molecule has 0 unspecified atom stereocenters. The van der Waals surface area contributed by atoms with Crippen molar-refractivity contribution in [2.75, 3.05) is 11.1 Å². The van der Waals surface area contributed by atoms with Crippen LogP contribution >= 0.6 is 11.6 Å². The molecule has 4 rings (SSSR count). The van der Waals surface area contributed by atoms with Crippen molar-refractivity contribution in [3.63, 3.8) is 0 Å². The number of anilines is 2. The number of carbonyl (C=O) groups is 2. The van der Waals surface area contributed by atoms with Gasteiger partial charge in [0.15, 0.2) is 5.69 Å². The average Bonchev–Trinajstić information content (AvgIpc) is 3.18. The number of nitrogens with zero attached hydrogens (tertiary/aromatic N) is 3. The van der Waals surface area contributed by atoms with E-state index < -0.39 is 17.7 Å². The maximum atomic E-state index is 14.5. The number of carboxylic acids is 1. The summed E-state index contributed by atoms with van der Waals surface area (Å²) in [7, 11) is 0. The van der Waals surface area contributed by atoms with Crippen LogP contribution in [0, 0.1) is 5.82 Å². The maximum Gasteiger partial charge on any atom is 0.356 e. The molecule has 0 saturated carbocycles. The third-order valence-electron chi connectivity index (χ3n) is 4.52. The Morgan fingerprint density at radius 1 is 1.06 bits per heavy atom. The van der Waals surface area contributed by atoms with Crippen molar-refractivity contribution in [3.05, 3.63) is 88.8 Å². The first-order chi connectivity index (χ1) is 15.3. The van der Waals surface area contributed by atoms with Gasteiger partial charge in [0, 0.05) is 11.6 Å². The van der Waals surface area contributed by atoms with Crippen molar-refractivity contribution in [1.29, 1.82) is 0 Å². The normalized spacial score (nSPS) is 10.7. The van der Waals surface area contributed by atoms with Gasteiger partial charge >= 0.3 is 5.97 Å². The number of nitrogens with one attached hydrogen (secondary N) is 1. The standard InChI is InChI=1S/C22H15ClFN5O3/c23-15-10-16(24)14(17-7-4-8-19(25)26-17)9-13(15)21(30)27-20-11-18(22(31)32)28-29(20)12-5-2-1-3-6-12/h1-11H,(H2,25,26)(H,27,30)(H,31,32). The first-order valence-corrected chi connectivity index (χ1v) is 9.63. The van der Waals surface area contributed by atoms with Gasteiger partial charge in [0.1, 0.15) is 17.5 Å². The molecule has 1 amide bonds. The second kappa shape index (κ2) is 8.48. The quantitative estimate of drug-likeness (QED) is 0.416. The van der Waals surface area contributed by atoms with Crippen molar-refractivity contribution in [2.24, 2.45) is 0 Å². The van der Waals surface area contributed by atoms with E-state index in [2.05, 4.69) is 15.4 Å². The maximum absolute atomic E-state index is 14.5. The molecule has 0 saturated heterocycles. The van der Waals surface area contributed by atoms with Crippen LogP contribution in [0.4, 0.5) is 16.0 Å². The van der Waals surface area contributed by atoms with Crippen LogP contribution in [0.2, 0.25) is 5.02 Å². The molecular formula is C22H15ClFN5O3. The van der Waals surface area contributed by atoms with Crippen LogP contribution in [0.15, 0.2) is 66.7 Å². The summed E-state index contributed by atoms with van der Waals surface area (Å²) in [6.45, 7) is 0. The molecule has 0 radical (unpaired) electrons. The SMILES string of the molecule is Nc1cccc(-c2cc(C(=O)Nc3cc(C(=O)O)nn3-c3ccccc3)c(Cl)cc2F)n1. The Morgan fingerprint density at radius 3 is 2.50 bits per heavy atom. The number of para-hydroxylation sites is 1. The van der Waals surface area contributed by atoms with E-state index in [1.54, 1.807) is 48.5 Å². The summed E-state index contributed by atoms with van der Waals surface area (Å²) >= 11 is 6.13. The largest absolute Gasteiger partial charge is 0.476 e. The molecule has 4 aromatic rings. The Bertz CT molecular complexity index is 1340. The molecule has 0 aliphatic heterocycles. The van der Waals surface area contributed by atoms with Crippen molar-refractivity contribution >= 4 is 35.1 Å². The lowest BCUT2D eigenvalue weighted by Crippen LogP contribution is -2.16. The van der Waals surface area contributed by atoms with Gasteiger partial charge in [0.25, 0.3) is 5.91 Å². The minimum Gasteiger partial charge on any atom is -0.476 e. The Morgan fingerprint density at radius 2 is 1.81 bits per heavy atom. The molecule has 8 nitrogen and oxygen atoms in total. The number of aromatic carboxylic acids is 1. The van der Waals surface area contributed by atoms with E-state index in [9.17, 15) is 19.1 Å². The minimum absolute atomic E-state index is 0.0367. The number of hydrogen-bond acceptors (Lipinski definition) is 5. The fourth-order valence-electron chi connectivity index (χ4n) is 3.05. The van der Waals surface area contributed by atoms with E-state index in [-0.39, 0.29) is 39.2 Å². The highest BCUT2D eigenvalue weighted by Gasteiger charge is 2.20. The van der Waals surface area contributed by atoms with Crippen LogP contribution in [0.25, 0.3) is 16.9 Å². The summed E-state index contributed by atoms with van der Waals surface area (Å²) in [6.07, 6.45) is 0. The third kappa shape index (κ3) is 4.14. The topological polar surface area (TPSA) is 123 Å². The van der Waals surface area contributed by atoms with Gasteiger partial charge in [-0.05, 0) is 36.4 Å². The number of aromatic nitrogens is 3. The number of benzene rings is 2. The number of amides is 1. The molecule has 0 fully saturated rings. The lowest BCUT2D eigenvalue weighted by Gasteiger charge is -2.11. The molecule has 4 N–H and O–H groups in total. The zero-order chi connectivity index (χ0) is 22.8. The van der Waals surface area contributed by atoms with Gasteiger partial charge in [-0.25, -0.2) is 18.9 Å². The number of pyridine rings is 1. The molecular weight excluding hydrogens is 437 g/mol. The number of nitrogen functional groups attached to an aromatic ring is 1. The molecule has 0 spiro atoms. The Kier molecular flexibility index (Phi) is 5.57. The lowest BCUT2D eigenvalue weighted by molar-refractivity contribution is 0.0689. The second-order valence-electron chi connectivity index (χ2n) is 6.68. The fraction of sp³-hybridized carbons (Fsp3) is 0. The number of carbonyl (C=O) groups excluding carboxylic acids is 1. The first kappa shape index (κ1) is 21.0. The van der Waals surface area contributed by atoms with E-state index in [0.717, 1.165) is 6.07 Å². The second-order valence-corrected chi connectivity index (χ2v) is 7.09. The van der Waals surface area contributed by atoms with E-state index in [4.69, 9.17) is 17.3 Å². The summed E-state index contributed by atoms with van der Waals surface area (Å²) in [5.41, 5.74) is 6.18. The molecule has 0 bridgehead atoms. The van der Waals surface area contributed by atoms with Gasteiger partial charge in [0.05, 0.1) is 22.0 Å². The number of halogens is 2. The molecule has 0 aliphatic carbocycles. The molecule has 2 aromatic carbocycles.